The van der Waals surface area contributed by atoms with E-state index >= 15 is 0 Å². The van der Waals surface area contributed by atoms with Gasteiger partial charge in [0.25, 0.3) is 0 Å². The maximum Gasteiger partial charge on any atom is 0.221 e. The molecule has 0 bridgehead atoms. The van der Waals surface area contributed by atoms with E-state index in [0.29, 0.717) is 12.5 Å². The highest BCUT2D eigenvalue weighted by Crippen LogP contribution is 2.09. The van der Waals surface area contributed by atoms with Gasteiger partial charge in [0.2, 0.25) is 5.91 Å². The van der Waals surface area contributed by atoms with Gasteiger partial charge in [-0.05, 0) is 26.3 Å². The number of carbonyl (C=O) groups is 1. The van der Waals surface area contributed by atoms with Gasteiger partial charge in [0.15, 0.2) is 6.29 Å². The first-order valence-corrected chi connectivity index (χ1v) is 5.75. The summed E-state index contributed by atoms with van der Waals surface area (Å²) >= 11 is 0. The number of hydrogen-bond donors (Lipinski definition) is 2. The van der Waals surface area contributed by atoms with Gasteiger partial charge in [0.1, 0.15) is 0 Å². The molecule has 5 nitrogen and oxygen atoms in total. The molecule has 1 aliphatic rings. The third-order valence-corrected chi connectivity index (χ3v) is 2.86. The second-order valence-corrected chi connectivity index (χ2v) is 4.19. The fraction of sp³-hybridized carbons (Fsp3) is 0.909. The van der Waals surface area contributed by atoms with Crippen LogP contribution in [0.1, 0.15) is 26.2 Å². The van der Waals surface area contributed by atoms with Crippen LogP contribution in [0.15, 0.2) is 0 Å². The first-order valence-electron chi connectivity index (χ1n) is 5.75. The number of amides is 1. The Bertz CT molecular complexity index is 213. The van der Waals surface area contributed by atoms with Gasteiger partial charge in [0, 0.05) is 26.7 Å². The number of rotatable bonds is 6. The predicted molar refractivity (Wildman–Crippen MR) is 61.1 cm³/mol. The molecule has 1 fully saturated rings. The Morgan fingerprint density at radius 3 is 2.69 bits per heavy atom. The van der Waals surface area contributed by atoms with E-state index < -0.39 is 0 Å². The molecule has 0 aliphatic carbocycles. The smallest absolute Gasteiger partial charge is 0.221 e. The molecule has 0 saturated carbocycles. The minimum atomic E-state index is -0.388. The second kappa shape index (κ2) is 6.83. The maximum absolute atomic E-state index is 11.7. The van der Waals surface area contributed by atoms with E-state index in [1.165, 1.54) is 0 Å². The van der Waals surface area contributed by atoms with Crippen molar-refractivity contribution in [1.29, 1.82) is 0 Å². The van der Waals surface area contributed by atoms with Gasteiger partial charge in [-0.15, -0.1) is 0 Å². The molecule has 0 aromatic rings. The standard InChI is InChI=1S/C11H22N2O3/c1-8(11(15-2)16-3)13-10(14)7-9-5-4-6-12-9/h8-9,11-12H,4-7H2,1-3H3,(H,13,14). The SMILES string of the molecule is COC(OC)C(C)NC(=O)CC1CCCN1. The largest absolute Gasteiger partial charge is 0.354 e. The van der Waals surface area contributed by atoms with Crippen LogP contribution in [0.3, 0.4) is 0 Å². The Balaban J connectivity index is 2.26. The van der Waals surface area contributed by atoms with Gasteiger partial charge in [-0.2, -0.15) is 0 Å². The molecule has 2 atom stereocenters. The zero-order valence-electron chi connectivity index (χ0n) is 10.3. The monoisotopic (exact) mass is 230 g/mol. The van der Waals surface area contributed by atoms with Crippen LogP contribution in [0.25, 0.3) is 0 Å². The first kappa shape index (κ1) is 13.4. The van der Waals surface area contributed by atoms with Crippen LogP contribution in [0.4, 0.5) is 0 Å². The lowest BCUT2D eigenvalue weighted by Gasteiger charge is -2.22. The molecule has 94 valence electrons. The highest BCUT2D eigenvalue weighted by molar-refractivity contribution is 5.76. The lowest BCUT2D eigenvalue weighted by molar-refractivity contribution is -0.136. The van der Waals surface area contributed by atoms with Gasteiger partial charge in [0.05, 0.1) is 6.04 Å². The van der Waals surface area contributed by atoms with Crippen molar-refractivity contribution in [2.75, 3.05) is 20.8 Å². The topological polar surface area (TPSA) is 59.6 Å². The maximum atomic E-state index is 11.7. The highest BCUT2D eigenvalue weighted by Gasteiger charge is 2.21. The third-order valence-electron chi connectivity index (χ3n) is 2.86. The summed E-state index contributed by atoms with van der Waals surface area (Å²) in [7, 11) is 3.13. The fourth-order valence-electron chi connectivity index (χ4n) is 2.04. The van der Waals surface area contributed by atoms with E-state index in [9.17, 15) is 4.79 Å². The molecule has 2 N–H and O–H groups in total. The van der Waals surface area contributed by atoms with Crippen LogP contribution < -0.4 is 10.6 Å². The van der Waals surface area contributed by atoms with E-state index in [4.69, 9.17) is 9.47 Å². The van der Waals surface area contributed by atoms with E-state index in [0.717, 1.165) is 19.4 Å². The third kappa shape index (κ3) is 4.08. The van der Waals surface area contributed by atoms with Crippen LogP contribution in [0, 0.1) is 0 Å². The summed E-state index contributed by atoms with van der Waals surface area (Å²) in [4.78, 5) is 11.7. The molecule has 1 aliphatic heterocycles. The molecule has 0 radical (unpaired) electrons. The molecule has 1 amide bonds. The number of carbonyl (C=O) groups excluding carboxylic acids is 1. The molecule has 0 spiro atoms. The van der Waals surface area contributed by atoms with Gasteiger partial charge in [-0.25, -0.2) is 0 Å². The minimum absolute atomic E-state index is 0.0472. The Morgan fingerprint density at radius 1 is 1.50 bits per heavy atom. The summed E-state index contributed by atoms with van der Waals surface area (Å²) < 4.78 is 10.2. The van der Waals surface area contributed by atoms with Gasteiger partial charge < -0.3 is 20.1 Å². The van der Waals surface area contributed by atoms with Crippen LogP contribution in [-0.2, 0) is 14.3 Å². The van der Waals surface area contributed by atoms with E-state index in [1.54, 1.807) is 14.2 Å². The molecule has 2 unspecified atom stereocenters. The average molecular weight is 230 g/mol. The number of nitrogens with one attached hydrogen (secondary N) is 2. The average Bonchev–Trinajstić information content (AvgIpc) is 2.71. The molecule has 16 heavy (non-hydrogen) atoms. The summed E-state index contributed by atoms with van der Waals surface area (Å²) in [5, 5.41) is 6.17. The van der Waals surface area contributed by atoms with Crippen LogP contribution in [0.5, 0.6) is 0 Å². The normalized spacial score (nSPS) is 22.4. The fourth-order valence-corrected chi connectivity index (χ4v) is 2.04. The second-order valence-electron chi connectivity index (χ2n) is 4.19. The first-order chi connectivity index (χ1) is 7.67. The Labute approximate surface area is 96.9 Å². The van der Waals surface area contributed by atoms with E-state index in [1.807, 2.05) is 6.92 Å². The highest BCUT2D eigenvalue weighted by atomic mass is 16.7. The van der Waals surface area contributed by atoms with Crippen molar-refractivity contribution in [3.05, 3.63) is 0 Å². The lowest BCUT2D eigenvalue weighted by Crippen LogP contribution is -2.44. The summed E-state index contributed by atoms with van der Waals surface area (Å²) in [5.41, 5.74) is 0. The van der Waals surface area contributed by atoms with Crippen molar-refractivity contribution in [3.8, 4) is 0 Å². The van der Waals surface area contributed by atoms with Crippen LogP contribution >= 0.6 is 0 Å². The Kier molecular flexibility index (Phi) is 5.73. The predicted octanol–water partition coefficient (Wildman–Crippen LogP) is 0.252. The summed E-state index contributed by atoms with van der Waals surface area (Å²) in [6, 6.07) is 0.194. The van der Waals surface area contributed by atoms with Crippen molar-refractivity contribution in [1.82, 2.24) is 10.6 Å². The molecule has 0 aromatic carbocycles. The van der Waals surface area contributed by atoms with Crippen molar-refractivity contribution >= 4 is 5.91 Å². The summed E-state index contributed by atoms with van der Waals surface area (Å²) in [6.07, 6.45) is 2.39. The zero-order valence-corrected chi connectivity index (χ0v) is 10.3. The Hall–Kier alpha value is -0.650. The molecule has 1 heterocycles. The van der Waals surface area contributed by atoms with Crippen molar-refractivity contribution in [2.45, 2.75) is 44.6 Å². The van der Waals surface area contributed by atoms with Gasteiger partial charge >= 0.3 is 0 Å². The Morgan fingerprint density at radius 2 is 2.19 bits per heavy atom. The quantitative estimate of drug-likeness (QED) is 0.642. The van der Waals surface area contributed by atoms with Crippen molar-refractivity contribution in [2.24, 2.45) is 0 Å². The van der Waals surface area contributed by atoms with Gasteiger partial charge in [-0.3, -0.25) is 4.79 Å². The van der Waals surface area contributed by atoms with Crippen LogP contribution in [-0.4, -0.2) is 45.0 Å². The number of ether oxygens (including phenoxy) is 2. The lowest BCUT2D eigenvalue weighted by atomic mass is 10.1. The molecule has 1 saturated heterocycles. The molecule has 1 rings (SSSR count). The summed E-state index contributed by atoms with van der Waals surface area (Å²) in [5.74, 6) is 0.0472. The van der Waals surface area contributed by atoms with Gasteiger partial charge in [-0.1, -0.05) is 0 Å². The molecule has 0 aromatic heterocycles. The van der Waals surface area contributed by atoms with E-state index in [-0.39, 0.29) is 18.2 Å². The van der Waals surface area contributed by atoms with Crippen molar-refractivity contribution in [3.63, 3.8) is 0 Å². The summed E-state index contributed by atoms with van der Waals surface area (Å²) in [6.45, 7) is 2.89. The van der Waals surface area contributed by atoms with Crippen molar-refractivity contribution < 1.29 is 14.3 Å². The number of hydrogen-bond acceptors (Lipinski definition) is 4. The number of methoxy groups -OCH3 is 2. The van der Waals surface area contributed by atoms with Crippen LogP contribution in [0.2, 0.25) is 0 Å². The zero-order chi connectivity index (χ0) is 12.0. The minimum Gasteiger partial charge on any atom is -0.354 e. The van der Waals surface area contributed by atoms with E-state index in [2.05, 4.69) is 10.6 Å². The molecule has 5 heteroatoms. The molecular weight excluding hydrogens is 208 g/mol. The molecular formula is C11H22N2O3.